The maximum atomic E-state index is 6.18. The highest BCUT2D eigenvalue weighted by Gasteiger charge is 2.10. The van der Waals surface area contributed by atoms with Crippen LogP contribution in [0, 0.1) is 20.8 Å². The lowest BCUT2D eigenvalue weighted by molar-refractivity contribution is 0.528. The van der Waals surface area contributed by atoms with Crippen LogP contribution in [0.4, 0.5) is 0 Å². The SMILES string of the molecule is Cc1cc(C)cc(CC(N)c2coc(C)c2)c1. The number of nitrogens with two attached hydrogens (primary N) is 1. The van der Waals surface area contributed by atoms with Crippen LogP contribution in [0.2, 0.25) is 0 Å². The van der Waals surface area contributed by atoms with Gasteiger partial charge in [-0.25, -0.2) is 0 Å². The molecule has 0 aliphatic carbocycles. The highest BCUT2D eigenvalue weighted by Crippen LogP contribution is 2.19. The Kier molecular flexibility index (Phi) is 3.34. The molecule has 90 valence electrons. The summed E-state index contributed by atoms with van der Waals surface area (Å²) in [6.07, 6.45) is 2.60. The molecule has 1 aromatic heterocycles. The Morgan fingerprint density at radius 2 is 1.71 bits per heavy atom. The fourth-order valence-electron chi connectivity index (χ4n) is 2.22. The fourth-order valence-corrected chi connectivity index (χ4v) is 2.22. The van der Waals surface area contributed by atoms with Gasteiger partial charge < -0.3 is 10.2 Å². The standard InChI is InChI=1S/C15H19NO/c1-10-4-11(2)6-13(5-10)8-15(16)14-7-12(3)17-9-14/h4-7,9,15H,8,16H2,1-3H3. The van der Waals surface area contributed by atoms with Crippen LogP contribution >= 0.6 is 0 Å². The largest absolute Gasteiger partial charge is 0.469 e. The van der Waals surface area contributed by atoms with E-state index in [9.17, 15) is 0 Å². The van der Waals surface area contributed by atoms with E-state index >= 15 is 0 Å². The molecule has 0 amide bonds. The topological polar surface area (TPSA) is 39.2 Å². The molecule has 1 unspecified atom stereocenters. The molecule has 2 rings (SSSR count). The van der Waals surface area contributed by atoms with E-state index in [1.54, 1.807) is 6.26 Å². The highest BCUT2D eigenvalue weighted by molar-refractivity contribution is 5.30. The van der Waals surface area contributed by atoms with Crippen molar-refractivity contribution in [2.45, 2.75) is 33.2 Å². The molecule has 1 atom stereocenters. The number of benzene rings is 1. The molecule has 17 heavy (non-hydrogen) atoms. The van der Waals surface area contributed by atoms with Gasteiger partial charge in [-0.15, -0.1) is 0 Å². The average Bonchev–Trinajstić information content (AvgIpc) is 2.63. The number of rotatable bonds is 3. The lowest BCUT2D eigenvalue weighted by Gasteiger charge is -2.10. The third-order valence-corrected chi connectivity index (χ3v) is 2.92. The van der Waals surface area contributed by atoms with Crippen molar-refractivity contribution >= 4 is 0 Å². The Hall–Kier alpha value is -1.54. The molecule has 2 N–H and O–H groups in total. The molecular weight excluding hydrogens is 210 g/mol. The van der Waals surface area contributed by atoms with E-state index in [1.165, 1.54) is 16.7 Å². The van der Waals surface area contributed by atoms with E-state index in [1.807, 2.05) is 13.0 Å². The van der Waals surface area contributed by atoms with Crippen LogP contribution in [0.25, 0.3) is 0 Å². The molecule has 0 saturated carbocycles. The predicted octanol–water partition coefficient (Wildman–Crippen LogP) is 3.45. The fraction of sp³-hybridized carbons (Fsp3) is 0.333. The minimum absolute atomic E-state index is 0.00801. The summed E-state index contributed by atoms with van der Waals surface area (Å²) in [5, 5.41) is 0. The normalized spacial score (nSPS) is 12.7. The van der Waals surface area contributed by atoms with Gasteiger partial charge in [-0.1, -0.05) is 29.3 Å². The molecular formula is C15H19NO. The minimum Gasteiger partial charge on any atom is -0.469 e. The van der Waals surface area contributed by atoms with Crippen LogP contribution in [0.5, 0.6) is 0 Å². The van der Waals surface area contributed by atoms with Gasteiger partial charge in [0.15, 0.2) is 0 Å². The molecule has 2 aromatic rings. The number of furan rings is 1. The van der Waals surface area contributed by atoms with Gasteiger partial charge in [-0.3, -0.25) is 0 Å². The Labute approximate surface area is 102 Å². The van der Waals surface area contributed by atoms with Gasteiger partial charge in [0, 0.05) is 11.6 Å². The Balaban J connectivity index is 2.15. The smallest absolute Gasteiger partial charge is 0.101 e. The maximum absolute atomic E-state index is 6.18. The second kappa shape index (κ2) is 4.76. The Morgan fingerprint density at radius 1 is 1.06 bits per heavy atom. The van der Waals surface area contributed by atoms with Crippen molar-refractivity contribution in [2.24, 2.45) is 5.73 Å². The molecule has 0 aliphatic heterocycles. The van der Waals surface area contributed by atoms with Crippen LogP contribution in [-0.2, 0) is 6.42 Å². The molecule has 0 fully saturated rings. The van der Waals surface area contributed by atoms with Crippen molar-refractivity contribution in [3.63, 3.8) is 0 Å². The van der Waals surface area contributed by atoms with E-state index in [2.05, 4.69) is 32.0 Å². The first-order valence-corrected chi connectivity index (χ1v) is 5.92. The molecule has 0 saturated heterocycles. The highest BCUT2D eigenvalue weighted by atomic mass is 16.3. The van der Waals surface area contributed by atoms with Crippen molar-refractivity contribution in [1.29, 1.82) is 0 Å². The second-order valence-corrected chi connectivity index (χ2v) is 4.80. The monoisotopic (exact) mass is 229 g/mol. The van der Waals surface area contributed by atoms with Crippen molar-refractivity contribution in [2.75, 3.05) is 0 Å². The second-order valence-electron chi connectivity index (χ2n) is 4.80. The summed E-state index contributed by atoms with van der Waals surface area (Å²) in [5.74, 6) is 0.913. The van der Waals surface area contributed by atoms with Crippen molar-refractivity contribution in [3.05, 3.63) is 58.5 Å². The van der Waals surface area contributed by atoms with Gasteiger partial charge in [-0.2, -0.15) is 0 Å². The van der Waals surface area contributed by atoms with Gasteiger partial charge in [0.1, 0.15) is 5.76 Å². The first-order chi connectivity index (χ1) is 8.04. The van der Waals surface area contributed by atoms with Crippen molar-refractivity contribution < 1.29 is 4.42 Å². The summed E-state index contributed by atoms with van der Waals surface area (Å²) in [4.78, 5) is 0. The van der Waals surface area contributed by atoms with E-state index in [-0.39, 0.29) is 6.04 Å². The molecule has 1 aromatic carbocycles. The first-order valence-electron chi connectivity index (χ1n) is 5.92. The lowest BCUT2D eigenvalue weighted by Crippen LogP contribution is -2.12. The van der Waals surface area contributed by atoms with Crippen molar-refractivity contribution in [3.8, 4) is 0 Å². The molecule has 2 nitrogen and oxygen atoms in total. The molecule has 0 spiro atoms. The summed E-state index contributed by atoms with van der Waals surface area (Å²) in [6.45, 7) is 6.17. The van der Waals surface area contributed by atoms with Crippen LogP contribution in [0.15, 0.2) is 34.9 Å². The van der Waals surface area contributed by atoms with Crippen LogP contribution in [0.3, 0.4) is 0 Å². The molecule has 2 heteroatoms. The molecule has 0 aliphatic rings. The summed E-state index contributed by atoms with van der Waals surface area (Å²) < 4.78 is 5.29. The van der Waals surface area contributed by atoms with Gasteiger partial charge in [0.2, 0.25) is 0 Å². The van der Waals surface area contributed by atoms with E-state index in [0.29, 0.717) is 0 Å². The quantitative estimate of drug-likeness (QED) is 0.875. The molecule has 0 bridgehead atoms. The van der Waals surface area contributed by atoms with E-state index in [4.69, 9.17) is 10.2 Å². The molecule has 0 radical (unpaired) electrons. The first kappa shape index (κ1) is 11.9. The average molecular weight is 229 g/mol. The Bertz CT molecular complexity index is 493. The lowest BCUT2D eigenvalue weighted by atomic mass is 9.98. The summed E-state index contributed by atoms with van der Waals surface area (Å²) in [5.41, 5.74) is 11.1. The zero-order valence-electron chi connectivity index (χ0n) is 10.7. The van der Waals surface area contributed by atoms with Crippen molar-refractivity contribution in [1.82, 2.24) is 0 Å². The van der Waals surface area contributed by atoms with Gasteiger partial charge in [-0.05, 0) is 38.8 Å². The number of hydrogen-bond acceptors (Lipinski definition) is 2. The zero-order valence-corrected chi connectivity index (χ0v) is 10.7. The zero-order chi connectivity index (χ0) is 12.4. The summed E-state index contributed by atoms with van der Waals surface area (Å²) in [6, 6.07) is 8.58. The van der Waals surface area contributed by atoms with Gasteiger partial charge >= 0.3 is 0 Å². The number of hydrogen-bond donors (Lipinski definition) is 1. The third kappa shape index (κ3) is 2.98. The Morgan fingerprint density at radius 3 is 2.24 bits per heavy atom. The minimum atomic E-state index is 0.00801. The van der Waals surface area contributed by atoms with E-state index in [0.717, 1.165) is 17.7 Å². The van der Waals surface area contributed by atoms with Crippen LogP contribution < -0.4 is 5.73 Å². The van der Waals surface area contributed by atoms with Gasteiger partial charge in [0.25, 0.3) is 0 Å². The van der Waals surface area contributed by atoms with Gasteiger partial charge in [0.05, 0.1) is 6.26 Å². The summed E-state index contributed by atoms with van der Waals surface area (Å²) >= 11 is 0. The third-order valence-electron chi connectivity index (χ3n) is 2.92. The number of aryl methyl sites for hydroxylation is 3. The van der Waals surface area contributed by atoms with E-state index < -0.39 is 0 Å². The molecule has 1 heterocycles. The maximum Gasteiger partial charge on any atom is 0.101 e. The summed E-state index contributed by atoms with van der Waals surface area (Å²) in [7, 11) is 0. The van der Waals surface area contributed by atoms with Crippen LogP contribution in [-0.4, -0.2) is 0 Å². The predicted molar refractivity (Wildman–Crippen MR) is 70.0 cm³/mol. The van der Waals surface area contributed by atoms with Crippen LogP contribution in [0.1, 0.15) is 34.1 Å².